The van der Waals surface area contributed by atoms with Gasteiger partial charge in [-0.1, -0.05) is 23.3 Å². The highest BCUT2D eigenvalue weighted by Gasteiger charge is 2.06. The highest BCUT2D eigenvalue weighted by Crippen LogP contribution is 2.11. The van der Waals surface area contributed by atoms with Gasteiger partial charge in [0.1, 0.15) is 0 Å². The van der Waals surface area contributed by atoms with Gasteiger partial charge in [-0.25, -0.2) is 4.98 Å². The normalized spacial score (nSPS) is 9.74. The molecular formula is C11H11N5O2S. The standard InChI is InChI=1S/C7H9NS.C4H2N4O2/c1-2-9-7-5-3-4-6-8-7;1-5-3(7-9-1)4-6-2-10-8-4/h3-6H,2H2,1H3;1-2H. The Bertz CT molecular complexity index is 524. The maximum Gasteiger partial charge on any atom is 0.243 e. The first-order chi connectivity index (χ1) is 9.40. The van der Waals surface area contributed by atoms with Gasteiger partial charge in [0.2, 0.25) is 24.4 Å². The summed E-state index contributed by atoms with van der Waals surface area (Å²) in [4.78, 5) is 11.5. The second-order valence-electron chi connectivity index (χ2n) is 3.11. The van der Waals surface area contributed by atoms with Crippen molar-refractivity contribution in [1.29, 1.82) is 0 Å². The number of nitrogens with zero attached hydrogens (tertiary/aromatic N) is 5. The number of pyridine rings is 1. The minimum atomic E-state index is 0.328. The van der Waals surface area contributed by atoms with E-state index in [9.17, 15) is 0 Å². The first kappa shape index (κ1) is 13.2. The zero-order valence-electron chi connectivity index (χ0n) is 10.1. The van der Waals surface area contributed by atoms with Crippen LogP contribution in [0.3, 0.4) is 0 Å². The fourth-order valence-corrected chi connectivity index (χ4v) is 1.72. The molecule has 0 spiro atoms. The van der Waals surface area contributed by atoms with Crippen LogP contribution < -0.4 is 0 Å². The van der Waals surface area contributed by atoms with Gasteiger partial charge in [0.15, 0.2) is 0 Å². The van der Waals surface area contributed by atoms with Gasteiger partial charge in [-0.15, -0.1) is 11.8 Å². The molecule has 0 bridgehead atoms. The second-order valence-corrected chi connectivity index (χ2v) is 4.39. The number of hydrogen-bond acceptors (Lipinski definition) is 8. The smallest absolute Gasteiger partial charge is 0.243 e. The number of rotatable bonds is 3. The minimum absolute atomic E-state index is 0.328. The maximum absolute atomic E-state index is 4.46. The van der Waals surface area contributed by atoms with Crippen molar-refractivity contribution in [3.63, 3.8) is 0 Å². The Labute approximate surface area is 113 Å². The van der Waals surface area contributed by atoms with Gasteiger partial charge in [0.25, 0.3) is 0 Å². The molecule has 0 saturated carbocycles. The van der Waals surface area contributed by atoms with Crippen molar-refractivity contribution in [2.24, 2.45) is 0 Å². The van der Waals surface area contributed by atoms with E-state index in [4.69, 9.17) is 0 Å². The summed E-state index contributed by atoms with van der Waals surface area (Å²) in [6.45, 7) is 2.12. The minimum Gasteiger partial charge on any atom is -0.342 e. The molecule has 3 aromatic rings. The Kier molecular flexibility index (Phi) is 5.06. The van der Waals surface area contributed by atoms with Crippen molar-refractivity contribution in [3.8, 4) is 11.6 Å². The highest BCUT2D eigenvalue weighted by atomic mass is 32.2. The van der Waals surface area contributed by atoms with Gasteiger partial charge in [0, 0.05) is 6.20 Å². The maximum atomic E-state index is 4.46. The van der Waals surface area contributed by atoms with E-state index in [1.807, 2.05) is 24.4 Å². The fraction of sp³-hybridized carbons (Fsp3) is 0.182. The van der Waals surface area contributed by atoms with E-state index in [2.05, 4.69) is 41.2 Å². The van der Waals surface area contributed by atoms with Gasteiger partial charge in [0.05, 0.1) is 5.03 Å². The molecule has 0 amide bonds. The summed E-state index contributed by atoms with van der Waals surface area (Å²) >= 11 is 1.76. The molecule has 0 unspecified atom stereocenters. The number of hydrogen-bond donors (Lipinski definition) is 0. The molecule has 3 rings (SSSR count). The van der Waals surface area contributed by atoms with Crippen LogP contribution in [0.25, 0.3) is 11.6 Å². The van der Waals surface area contributed by atoms with E-state index < -0.39 is 0 Å². The van der Waals surface area contributed by atoms with E-state index in [-0.39, 0.29) is 0 Å². The molecule has 0 N–H and O–H groups in total. The summed E-state index contributed by atoms with van der Waals surface area (Å²) in [5.41, 5.74) is 0. The summed E-state index contributed by atoms with van der Waals surface area (Å²) in [7, 11) is 0. The summed E-state index contributed by atoms with van der Waals surface area (Å²) in [6.07, 6.45) is 4.22. The molecule has 0 radical (unpaired) electrons. The Morgan fingerprint density at radius 2 is 1.68 bits per heavy atom. The Hall–Kier alpha value is -2.22. The van der Waals surface area contributed by atoms with Crippen LogP contribution in [0.5, 0.6) is 0 Å². The zero-order valence-corrected chi connectivity index (χ0v) is 10.9. The molecule has 0 aliphatic carbocycles. The van der Waals surface area contributed by atoms with Crippen molar-refractivity contribution in [2.75, 3.05) is 5.75 Å². The van der Waals surface area contributed by atoms with Crippen LogP contribution in [-0.2, 0) is 0 Å². The van der Waals surface area contributed by atoms with Crippen molar-refractivity contribution >= 4 is 11.8 Å². The molecule has 3 aromatic heterocycles. The van der Waals surface area contributed by atoms with Gasteiger partial charge >= 0.3 is 0 Å². The molecule has 0 aromatic carbocycles. The van der Waals surface area contributed by atoms with Crippen molar-refractivity contribution in [2.45, 2.75) is 11.9 Å². The summed E-state index contributed by atoms with van der Waals surface area (Å²) in [5, 5.41) is 8.09. The lowest BCUT2D eigenvalue weighted by atomic mass is 10.5. The first-order valence-electron chi connectivity index (χ1n) is 5.47. The lowest BCUT2D eigenvalue weighted by Gasteiger charge is -1.92. The molecule has 7 nitrogen and oxygen atoms in total. The van der Waals surface area contributed by atoms with Crippen molar-refractivity contribution < 1.29 is 9.05 Å². The van der Waals surface area contributed by atoms with Crippen LogP contribution in [0.1, 0.15) is 6.92 Å². The quantitative estimate of drug-likeness (QED) is 0.673. The van der Waals surface area contributed by atoms with Crippen LogP contribution in [-0.4, -0.2) is 31.0 Å². The first-order valence-corrected chi connectivity index (χ1v) is 6.45. The molecular weight excluding hydrogens is 266 g/mol. The molecule has 8 heteroatoms. The van der Waals surface area contributed by atoms with Crippen LogP contribution in [0.2, 0.25) is 0 Å². The van der Waals surface area contributed by atoms with Crippen LogP contribution in [0.4, 0.5) is 0 Å². The van der Waals surface area contributed by atoms with Gasteiger partial charge in [-0.3, -0.25) is 0 Å². The summed E-state index contributed by atoms with van der Waals surface area (Å²) < 4.78 is 8.91. The average Bonchev–Trinajstić information content (AvgIpc) is 3.14. The number of aromatic nitrogens is 5. The average molecular weight is 277 g/mol. The third-order valence-electron chi connectivity index (χ3n) is 1.85. The summed E-state index contributed by atoms with van der Waals surface area (Å²) in [5.74, 6) is 1.75. The van der Waals surface area contributed by atoms with E-state index in [1.165, 1.54) is 12.8 Å². The SMILES string of the molecule is CCSc1ccccn1.c1nc(-c2ncon2)no1. The predicted molar refractivity (Wildman–Crippen MR) is 68.2 cm³/mol. The monoisotopic (exact) mass is 277 g/mol. The summed E-state index contributed by atoms with van der Waals surface area (Å²) in [6, 6.07) is 5.96. The Morgan fingerprint density at radius 1 is 1.00 bits per heavy atom. The van der Waals surface area contributed by atoms with Gasteiger partial charge in [-0.2, -0.15) is 9.97 Å². The van der Waals surface area contributed by atoms with E-state index in [0.29, 0.717) is 11.6 Å². The molecule has 19 heavy (non-hydrogen) atoms. The third kappa shape index (κ3) is 4.18. The predicted octanol–water partition coefficient (Wildman–Crippen LogP) is 2.31. The van der Waals surface area contributed by atoms with E-state index in [0.717, 1.165) is 10.8 Å². The molecule has 0 aliphatic heterocycles. The highest BCUT2D eigenvalue weighted by molar-refractivity contribution is 7.99. The second kappa shape index (κ2) is 7.27. The molecule has 98 valence electrons. The fourth-order valence-electron chi connectivity index (χ4n) is 1.12. The molecule has 0 aliphatic rings. The number of thioether (sulfide) groups is 1. The molecule has 3 heterocycles. The van der Waals surface area contributed by atoms with Crippen molar-refractivity contribution in [3.05, 3.63) is 37.2 Å². The molecule has 0 saturated heterocycles. The van der Waals surface area contributed by atoms with E-state index >= 15 is 0 Å². The molecule has 0 atom stereocenters. The zero-order chi connectivity index (χ0) is 13.3. The largest absolute Gasteiger partial charge is 0.342 e. The topological polar surface area (TPSA) is 90.7 Å². The molecule has 0 fully saturated rings. The lowest BCUT2D eigenvalue weighted by molar-refractivity contribution is 0.411. The van der Waals surface area contributed by atoms with Crippen molar-refractivity contribution in [1.82, 2.24) is 25.3 Å². The Balaban J connectivity index is 0.000000141. The van der Waals surface area contributed by atoms with Crippen LogP contribution in [0.15, 0.2) is 51.3 Å². The Morgan fingerprint density at radius 3 is 2.11 bits per heavy atom. The van der Waals surface area contributed by atoms with Gasteiger partial charge in [-0.05, 0) is 17.9 Å². The van der Waals surface area contributed by atoms with Crippen LogP contribution >= 0.6 is 11.8 Å². The third-order valence-corrected chi connectivity index (χ3v) is 2.68. The van der Waals surface area contributed by atoms with Crippen LogP contribution in [0, 0.1) is 0 Å². The van der Waals surface area contributed by atoms with E-state index in [1.54, 1.807) is 11.8 Å². The lowest BCUT2D eigenvalue weighted by Crippen LogP contribution is -1.80. The van der Waals surface area contributed by atoms with Gasteiger partial charge < -0.3 is 9.05 Å².